The fourth-order valence-electron chi connectivity index (χ4n) is 6.99. The Morgan fingerprint density at radius 2 is 0.942 bits per heavy atom. The van der Waals surface area contributed by atoms with Crippen molar-refractivity contribution in [1.29, 1.82) is 0 Å². The average Bonchev–Trinajstić information content (AvgIpc) is 3.82. The van der Waals surface area contributed by atoms with Crippen molar-refractivity contribution in [2.45, 2.75) is 0 Å². The molecule has 6 heteroatoms. The van der Waals surface area contributed by atoms with E-state index in [0.717, 1.165) is 72.0 Å². The normalized spacial score (nSPS) is 11.5. The van der Waals surface area contributed by atoms with Gasteiger partial charge in [0.25, 0.3) is 0 Å². The molecule has 0 bridgehead atoms. The number of fused-ring (bicyclic) bond motifs is 5. The molecule has 3 aromatic heterocycles. The van der Waals surface area contributed by atoms with Crippen molar-refractivity contribution in [2.75, 3.05) is 0 Å². The number of nitrogens with zero attached hydrogens (tertiary/aromatic N) is 5. The highest BCUT2D eigenvalue weighted by Gasteiger charge is 2.21. The third kappa shape index (κ3) is 5.13. The highest BCUT2D eigenvalue weighted by Crippen LogP contribution is 2.40. The minimum absolute atomic E-state index is 0.589. The highest BCUT2D eigenvalue weighted by molar-refractivity contribution is 6.17. The number of aromatic nitrogens is 5. The van der Waals surface area contributed by atoms with Gasteiger partial charge >= 0.3 is 0 Å². The van der Waals surface area contributed by atoms with E-state index in [9.17, 15) is 0 Å². The maximum absolute atomic E-state index is 6.65. The van der Waals surface area contributed by atoms with Gasteiger partial charge in [-0.1, -0.05) is 127 Å². The van der Waals surface area contributed by atoms with Crippen LogP contribution in [-0.4, -0.2) is 24.5 Å². The van der Waals surface area contributed by atoms with Gasteiger partial charge in [0.2, 0.25) is 5.89 Å². The first kappa shape index (κ1) is 29.7. The monoisotopic (exact) mass is 667 g/mol. The minimum atomic E-state index is 0.589. The van der Waals surface area contributed by atoms with Gasteiger partial charge in [-0.05, 0) is 59.7 Å². The quantitative estimate of drug-likeness (QED) is 0.176. The van der Waals surface area contributed by atoms with E-state index in [2.05, 4.69) is 83.4 Å². The van der Waals surface area contributed by atoms with Crippen LogP contribution in [0.2, 0.25) is 0 Å². The SMILES string of the molecule is c1ccc(-c2ccc3c(c2)c2ccc4nc(-c5ccccc5)oc4c2n3-c2cccc(-c3nc(-c4ccccc4)nc(-c4ccccc4)n3)c2)cc1. The van der Waals surface area contributed by atoms with Gasteiger partial charge in [-0.3, -0.25) is 0 Å². The molecule has 0 N–H and O–H groups in total. The summed E-state index contributed by atoms with van der Waals surface area (Å²) in [5.41, 5.74) is 10.5. The van der Waals surface area contributed by atoms with E-state index in [1.54, 1.807) is 0 Å². The Morgan fingerprint density at radius 1 is 0.385 bits per heavy atom. The minimum Gasteiger partial charge on any atom is -0.434 e. The Bertz CT molecular complexity index is 2790. The van der Waals surface area contributed by atoms with E-state index < -0.39 is 0 Å². The van der Waals surface area contributed by atoms with Crippen LogP contribution >= 0.6 is 0 Å². The molecule has 0 fully saturated rings. The molecule has 0 amide bonds. The molecule has 0 saturated heterocycles. The summed E-state index contributed by atoms with van der Waals surface area (Å²) in [6, 6.07) is 59.9. The van der Waals surface area contributed by atoms with Crippen molar-refractivity contribution in [2.24, 2.45) is 0 Å². The molecule has 0 saturated carbocycles. The average molecular weight is 668 g/mol. The lowest BCUT2D eigenvalue weighted by Crippen LogP contribution is -2.01. The zero-order chi connectivity index (χ0) is 34.4. The molecule has 244 valence electrons. The summed E-state index contributed by atoms with van der Waals surface area (Å²) in [5.74, 6) is 2.43. The Balaban J connectivity index is 1.21. The maximum atomic E-state index is 6.65. The predicted octanol–water partition coefficient (Wildman–Crippen LogP) is 11.4. The molecule has 0 spiro atoms. The third-order valence-electron chi connectivity index (χ3n) is 9.47. The fourth-order valence-corrected chi connectivity index (χ4v) is 6.99. The fraction of sp³-hybridized carbons (Fsp3) is 0. The van der Waals surface area contributed by atoms with Gasteiger partial charge < -0.3 is 8.98 Å². The van der Waals surface area contributed by atoms with Gasteiger partial charge in [0.15, 0.2) is 23.1 Å². The largest absolute Gasteiger partial charge is 0.434 e. The Kier molecular flexibility index (Phi) is 7.03. The van der Waals surface area contributed by atoms with Crippen molar-refractivity contribution >= 4 is 32.9 Å². The van der Waals surface area contributed by atoms with E-state index in [-0.39, 0.29) is 0 Å². The first-order valence-corrected chi connectivity index (χ1v) is 17.2. The first-order chi connectivity index (χ1) is 25.8. The van der Waals surface area contributed by atoms with Crippen LogP contribution in [0.25, 0.3) is 95.3 Å². The van der Waals surface area contributed by atoms with Crippen molar-refractivity contribution in [3.05, 3.63) is 176 Å². The number of rotatable bonds is 6. The molecule has 10 rings (SSSR count). The molecule has 6 nitrogen and oxygen atoms in total. The molecule has 52 heavy (non-hydrogen) atoms. The summed E-state index contributed by atoms with van der Waals surface area (Å²) in [6.07, 6.45) is 0. The molecular weight excluding hydrogens is 639 g/mol. The van der Waals surface area contributed by atoms with E-state index in [1.807, 2.05) is 97.1 Å². The van der Waals surface area contributed by atoms with Crippen LogP contribution in [0.3, 0.4) is 0 Å². The van der Waals surface area contributed by atoms with Crippen LogP contribution < -0.4 is 0 Å². The van der Waals surface area contributed by atoms with Crippen LogP contribution in [0.5, 0.6) is 0 Å². The summed E-state index contributed by atoms with van der Waals surface area (Å²) in [6.45, 7) is 0. The molecule has 0 unspecified atom stereocenters. The lowest BCUT2D eigenvalue weighted by Gasteiger charge is -2.12. The molecule has 0 aliphatic rings. The van der Waals surface area contributed by atoms with Gasteiger partial charge in [0.05, 0.1) is 11.0 Å². The molecule has 7 aromatic carbocycles. The van der Waals surface area contributed by atoms with Crippen molar-refractivity contribution in [1.82, 2.24) is 24.5 Å². The lowest BCUT2D eigenvalue weighted by atomic mass is 10.0. The zero-order valence-corrected chi connectivity index (χ0v) is 27.9. The molecule has 10 aromatic rings. The van der Waals surface area contributed by atoms with Gasteiger partial charge in [0.1, 0.15) is 5.52 Å². The maximum Gasteiger partial charge on any atom is 0.227 e. The smallest absolute Gasteiger partial charge is 0.227 e. The van der Waals surface area contributed by atoms with Gasteiger partial charge in [-0.25, -0.2) is 19.9 Å². The molecule has 0 atom stereocenters. The summed E-state index contributed by atoms with van der Waals surface area (Å²) >= 11 is 0. The number of hydrogen-bond donors (Lipinski definition) is 0. The van der Waals surface area contributed by atoms with Crippen LogP contribution in [0.15, 0.2) is 180 Å². The van der Waals surface area contributed by atoms with Crippen LogP contribution in [-0.2, 0) is 0 Å². The van der Waals surface area contributed by atoms with Gasteiger partial charge in [0, 0.05) is 38.7 Å². The summed E-state index contributed by atoms with van der Waals surface area (Å²) in [7, 11) is 0. The van der Waals surface area contributed by atoms with Crippen molar-refractivity contribution in [3.63, 3.8) is 0 Å². The summed E-state index contributed by atoms with van der Waals surface area (Å²) < 4.78 is 8.93. The van der Waals surface area contributed by atoms with Crippen LogP contribution in [0.4, 0.5) is 0 Å². The highest BCUT2D eigenvalue weighted by atomic mass is 16.3. The predicted molar refractivity (Wildman–Crippen MR) is 209 cm³/mol. The molecule has 3 heterocycles. The number of oxazole rings is 1. The van der Waals surface area contributed by atoms with Gasteiger partial charge in [-0.2, -0.15) is 0 Å². The van der Waals surface area contributed by atoms with Gasteiger partial charge in [-0.15, -0.1) is 0 Å². The zero-order valence-electron chi connectivity index (χ0n) is 27.9. The summed E-state index contributed by atoms with van der Waals surface area (Å²) in [5, 5.41) is 2.21. The molecular formula is C46H29N5O. The van der Waals surface area contributed by atoms with Crippen LogP contribution in [0.1, 0.15) is 0 Å². The Morgan fingerprint density at radius 3 is 1.58 bits per heavy atom. The van der Waals surface area contributed by atoms with E-state index in [1.165, 1.54) is 0 Å². The number of hydrogen-bond acceptors (Lipinski definition) is 5. The van der Waals surface area contributed by atoms with Crippen LogP contribution in [0, 0.1) is 0 Å². The third-order valence-corrected chi connectivity index (χ3v) is 9.47. The second-order valence-electron chi connectivity index (χ2n) is 12.7. The second-order valence-corrected chi connectivity index (χ2v) is 12.7. The van der Waals surface area contributed by atoms with E-state index >= 15 is 0 Å². The topological polar surface area (TPSA) is 69.6 Å². The number of benzene rings is 7. The lowest BCUT2D eigenvalue weighted by molar-refractivity contribution is 0.622. The summed E-state index contributed by atoms with van der Waals surface area (Å²) in [4.78, 5) is 19.9. The van der Waals surface area contributed by atoms with Crippen molar-refractivity contribution in [3.8, 4) is 62.4 Å². The Labute approximate surface area is 299 Å². The van der Waals surface area contributed by atoms with Crippen molar-refractivity contribution < 1.29 is 4.42 Å². The molecule has 0 aliphatic heterocycles. The second kappa shape index (κ2) is 12.3. The molecule has 0 aliphatic carbocycles. The standard InChI is InChI=1S/C46H29N5O/c1-5-14-30(15-6-1)34-24-27-40-38(29-34)37-25-26-39-42(52-46(47-39)33-20-11-4-12-21-33)41(37)51(40)36-23-13-22-35(28-36)45-49-43(31-16-7-2-8-17-31)48-44(50-45)32-18-9-3-10-19-32/h1-29H. The van der Waals surface area contributed by atoms with E-state index in [4.69, 9.17) is 24.4 Å². The van der Waals surface area contributed by atoms with E-state index in [0.29, 0.717) is 23.4 Å². The first-order valence-electron chi connectivity index (χ1n) is 17.2. The Hall–Kier alpha value is -7.18. The molecule has 0 radical (unpaired) electrons.